The summed E-state index contributed by atoms with van der Waals surface area (Å²) in [5.41, 5.74) is 3.53. The lowest BCUT2D eigenvalue weighted by Crippen LogP contribution is -2.32. The van der Waals surface area contributed by atoms with E-state index >= 15 is 0 Å². The van der Waals surface area contributed by atoms with Crippen LogP contribution in [-0.4, -0.2) is 6.04 Å². The van der Waals surface area contributed by atoms with Crippen molar-refractivity contribution in [3.05, 3.63) is 58.1 Å². The van der Waals surface area contributed by atoms with E-state index in [1.54, 1.807) is 0 Å². The summed E-state index contributed by atoms with van der Waals surface area (Å²) < 4.78 is 7.26. The van der Waals surface area contributed by atoms with E-state index < -0.39 is 0 Å². The summed E-state index contributed by atoms with van der Waals surface area (Å²) in [6.45, 7) is 4.25. The van der Waals surface area contributed by atoms with Gasteiger partial charge in [-0.3, -0.25) is 0 Å². The molecule has 0 saturated carbocycles. The Morgan fingerprint density at radius 1 is 1.11 bits per heavy atom. The number of hydrogen-bond acceptors (Lipinski definition) is 2. The number of para-hydroxylation sites is 1. The summed E-state index contributed by atoms with van der Waals surface area (Å²) in [6, 6.07) is 14.7. The van der Waals surface area contributed by atoms with Crippen LogP contribution in [0.5, 0.6) is 5.75 Å². The maximum atomic E-state index is 6.17. The highest BCUT2D eigenvalue weighted by molar-refractivity contribution is 9.10. The molecular weight excluding hydrogens is 302 g/mol. The molecule has 2 aromatic rings. The van der Waals surface area contributed by atoms with Crippen molar-refractivity contribution in [1.29, 1.82) is 0 Å². The van der Waals surface area contributed by atoms with Crippen LogP contribution >= 0.6 is 15.9 Å². The van der Waals surface area contributed by atoms with E-state index in [4.69, 9.17) is 4.74 Å². The van der Waals surface area contributed by atoms with Crippen molar-refractivity contribution in [2.24, 2.45) is 0 Å². The molecule has 2 unspecified atom stereocenters. The number of ether oxygens (including phenoxy) is 1. The Hall–Kier alpha value is -1.48. The molecule has 0 radical (unpaired) electrons. The molecule has 2 aromatic carbocycles. The molecule has 0 amide bonds. The number of aryl methyl sites for hydroxylation is 1. The minimum atomic E-state index is 0.0439. The fourth-order valence-corrected chi connectivity index (χ4v) is 2.74. The zero-order chi connectivity index (χ0) is 13.4. The highest BCUT2D eigenvalue weighted by atomic mass is 79.9. The molecule has 2 atom stereocenters. The number of hydrogen-bond donors (Lipinski definition) is 1. The normalized spacial score (nSPS) is 21.2. The van der Waals surface area contributed by atoms with Crippen LogP contribution in [0.2, 0.25) is 0 Å². The minimum absolute atomic E-state index is 0.0439. The zero-order valence-electron chi connectivity index (χ0n) is 11.0. The predicted molar refractivity (Wildman–Crippen MR) is 81.8 cm³/mol. The van der Waals surface area contributed by atoms with Crippen LogP contribution in [0.15, 0.2) is 46.9 Å². The molecule has 3 rings (SSSR count). The lowest BCUT2D eigenvalue weighted by molar-refractivity contribution is 0.177. The third kappa shape index (κ3) is 2.35. The van der Waals surface area contributed by atoms with Gasteiger partial charge in [0.25, 0.3) is 0 Å². The van der Waals surface area contributed by atoms with Gasteiger partial charge in [0, 0.05) is 4.47 Å². The van der Waals surface area contributed by atoms with E-state index in [9.17, 15) is 0 Å². The van der Waals surface area contributed by atoms with Crippen molar-refractivity contribution in [2.75, 3.05) is 5.32 Å². The minimum Gasteiger partial charge on any atom is -0.481 e. The molecule has 0 aromatic heterocycles. The van der Waals surface area contributed by atoms with Crippen molar-refractivity contribution in [1.82, 2.24) is 0 Å². The van der Waals surface area contributed by atoms with Crippen LogP contribution in [0, 0.1) is 6.92 Å². The molecule has 0 spiro atoms. The topological polar surface area (TPSA) is 21.3 Å². The van der Waals surface area contributed by atoms with Gasteiger partial charge in [0.15, 0.2) is 0 Å². The number of rotatable bonds is 1. The largest absolute Gasteiger partial charge is 0.481 e. The van der Waals surface area contributed by atoms with Gasteiger partial charge in [0.05, 0.1) is 11.7 Å². The number of fused-ring (bicyclic) bond motifs is 1. The first-order valence-electron chi connectivity index (χ1n) is 6.43. The molecule has 0 aliphatic carbocycles. The van der Waals surface area contributed by atoms with Gasteiger partial charge in [-0.05, 0) is 43.2 Å². The highest BCUT2D eigenvalue weighted by Gasteiger charge is 2.28. The van der Waals surface area contributed by atoms with Gasteiger partial charge in [-0.1, -0.05) is 40.2 Å². The third-order valence-corrected chi connectivity index (χ3v) is 4.04. The van der Waals surface area contributed by atoms with Gasteiger partial charge in [-0.2, -0.15) is 0 Å². The number of benzene rings is 2. The molecule has 1 heterocycles. The maximum absolute atomic E-state index is 6.17. The molecule has 0 fully saturated rings. The first-order valence-corrected chi connectivity index (χ1v) is 7.23. The van der Waals surface area contributed by atoms with Gasteiger partial charge in [-0.15, -0.1) is 0 Å². The molecule has 3 heteroatoms. The van der Waals surface area contributed by atoms with E-state index in [1.807, 2.05) is 12.1 Å². The first-order chi connectivity index (χ1) is 9.15. The van der Waals surface area contributed by atoms with Crippen molar-refractivity contribution >= 4 is 21.6 Å². The Bertz CT molecular complexity index is 594. The second-order valence-corrected chi connectivity index (χ2v) is 5.89. The van der Waals surface area contributed by atoms with Crippen molar-refractivity contribution in [2.45, 2.75) is 26.0 Å². The summed E-state index contributed by atoms with van der Waals surface area (Å²) in [7, 11) is 0. The van der Waals surface area contributed by atoms with Gasteiger partial charge in [-0.25, -0.2) is 0 Å². The molecule has 0 bridgehead atoms. The second kappa shape index (κ2) is 4.89. The molecular formula is C16H16BrNO. The van der Waals surface area contributed by atoms with Crippen LogP contribution in [0.1, 0.15) is 24.2 Å². The molecule has 1 aliphatic heterocycles. The fourth-order valence-electron chi connectivity index (χ4n) is 2.48. The Balaban J connectivity index is 1.95. The van der Waals surface area contributed by atoms with E-state index in [2.05, 4.69) is 65.4 Å². The standard InChI is InChI=1S/C16H16BrNO/c1-10-4-3-5-14-15(10)18-11(2)16(19-14)12-6-8-13(17)9-7-12/h3-9,11,16,18H,1-2H3. The van der Waals surface area contributed by atoms with Crippen LogP contribution in [0.3, 0.4) is 0 Å². The van der Waals surface area contributed by atoms with E-state index in [0.717, 1.165) is 15.9 Å². The summed E-state index contributed by atoms with van der Waals surface area (Å²) >= 11 is 3.46. The Labute approximate surface area is 121 Å². The highest BCUT2D eigenvalue weighted by Crippen LogP contribution is 2.39. The van der Waals surface area contributed by atoms with Gasteiger partial charge < -0.3 is 10.1 Å². The Morgan fingerprint density at radius 3 is 2.58 bits per heavy atom. The van der Waals surface area contributed by atoms with Crippen LogP contribution < -0.4 is 10.1 Å². The molecule has 1 N–H and O–H groups in total. The van der Waals surface area contributed by atoms with Crippen LogP contribution in [0.4, 0.5) is 5.69 Å². The van der Waals surface area contributed by atoms with Crippen LogP contribution in [-0.2, 0) is 0 Å². The SMILES string of the molecule is Cc1cccc2c1NC(C)C(c1ccc(Br)cc1)O2. The summed E-state index contributed by atoms with van der Waals surface area (Å²) in [5.74, 6) is 0.936. The molecule has 0 saturated heterocycles. The molecule has 98 valence electrons. The number of nitrogens with one attached hydrogen (secondary N) is 1. The smallest absolute Gasteiger partial charge is 0.144 e. The third-order valence-electron chi connectivity index (χ3n) is 3.51. The second-order valence-electron chi connectivity index (χ2n) is 4.97. The van der Waals surface area contributed by atoms with Gasteiger partial charge in [0.2, 0.25) is 0 Å². The van der Waals surface area contributed by atoms with Crippen molar-refractivity contribution in [3.8, 4) is 5.75 Å². The first kappa shape index (κ1) is 12.5. The molecule has 2 nitrogen and oxygen atoms in total. The summed E-state index contributed by atoms with van der Waals surface area (Å²) in [6.07, 6.45) is 0.0439. The maximum Gasteiger partial charge on any atom is 0.144 e. The Morgan fingerprint density at radius 2 is 1.84 bits per heavy atom. The number of anilines is 1. The number of halogens is 1. The zero-order valence-corrected chi connectivity index (χ0v) is 12.6. The van der Waals surface area contributed by atoms with E-state index in [-0.39, 0.29) is 12.1 Å². The summed E-state index contributed by atoms with van der Waals surface area (Å²) in [4.78, 5) is 0. The monoisotopic (exact) mass is 317 g/mol. The van der Waals surface area contributed by atoms with E-state index in [1.165, 1.54) is 11.1 Å². The van der Waals surface area contributed by atoms with E-state index in [0.29, 0.717) is 0 Å². The quantitative estimate of drug-likeness (QED) is 0.823. The molecule has 19 heavy (non-hydrogen) atoms. The Kier molecular flexibility index (Phi) is 3.23. The van der Waals surface area contributed by atoms with Gasteiger partial charge >= 0.3 is 0 Å². The molecule has 1 aliphatic rings. The average molecular weight is 318 g/mol. The predicted octanol–water partition coefficient (Wildman–Crippen LogP) is 4.69. The summed E-state index contributed by atoms with van der Waals surface area (Å²) in [5, 5.41) is 3.55. The average Bonchev–Trinajstić information content (AvgIpc) is 2.40. The van der Waals surface area contributed by atoms with Crippen molar-refractivity contribution in [3.63, 3.8) is 0 Å². The lowest BCUT2D eigenvalue weighted by Gasteiger charge is -2.34. The van der Waals surface area contributed by atoms with Crippen LogP contribution in [0.25, 0.3) is 0 Å². The van der Waals surface area contributed by atoms with Gasteiger partial charge in [0.1, 0.15) is 11.9 Å². The fraction of sp³-hybridized carbons (Fsp3) is 0.250. The van der Waals surface area contributed by atoms with Crippen molar-refractivity contribution < 1.29 is 4.74 Å². The lowest BCUT2D eigenvalue weighted by atomic mass is 10.00.